The minimum atomic E-state index is -1.36. The molecule has 1 spiro atoms. The van der Waals surface area contributed by atoms with Crippen molar-refractivity contribution in [2.24, 2.45) is 5.41 Å². The third-order valence-corrected chi connectivity index (χ3v) is 8.32. The summed E-state index contributed by atoms with van der Waals surface area (Å²) < 4.78 is 15.8. The molecular formula is C31H30Cl2FN3O4. The number of carbonyl (C=O) groups is 3. The lowest BCUT2D eigenvalue weighted by Gasteiger charge is -2.37. The third kappa shape index (κ3) is 5.32. The van der Waals surface area contributed by atoms with Crippen molar-refractivity contribution in [1.82, 2.24) is 5.32 Å². The highest BCUT2D eigenvalue weighted by atomic mass is 35.5. The largest absolute Gasteiger partial charge is 0.481 e. The Balaban J connectivity index is 1.65. The lowest BCUT2D eigenvalue weighted by Crippen LogP contribution is -2.49. The Kier molecular flexibility index (Phi) is 7.61. The zero-order chi connectivity index (χ0) is 29.7. The summed E-state index contributed by atoms with van der Waals surface area (Å²) in [4.78, 5) is 39.2. The number of carboxylic acids is 1. The van der Waals surface area contributed by atoms with E-state index in [4.69, 9.17) is 28.3 Å². The fourth-order valence-electron chi connectivity index (χ4n) is 6.25. The van der Waals surface area contributed by atoms with Gasteiger partial charge in [-0.2, -0.15) is 0 Å². The van der Waals surface area contributed by atoms with E-state index in [1.165, 1.54) is 6.07 Å². The number of fused-ring (bicyclic) bond motifs is 2. The van der Waals surface area contributed by atoms with Crippen molar-refractivity contribution < 1.29 is 23.9 Å². The first-order valence-electron chi connectivity index (χ1n) is 13.2. The van der Waals surface area contributed by atoms with Crippen LogP contribution in [0.4, 0.5) is 15.8 Å². The molecule has 4 atom stereocenters. The number of benzene rings is 3. The van der Waals surface area contributed by atoms with Gasteiger partial charge in [-0.15, -0.1) is 0 Å². The van der Waals surface area contributed by atoms with Gasteiger partial charge in [0.2, 0.25) is 11.8 Å². The van der Waals surface area contributed by atoms with Gasteiger partial charge in [0.1, 0.15) is 11.2 Å². The number of carboxylic acid groups (broad SMARTS) is 1. The third-order valence-electron chi connectivity index (χ3n) is 7.80. The Morgan fingerprint density at radius 1 is 1.07 bits per heavy atom. The molecule has 214 valence electrons. The lowest BCUT2D eigenvalue weighted by atomic mass is 9.62. The van der Waals surface area contributed by atoms with Crippen LogP contribution in [0.2, 0.25) is 10.0 Å². The van der Waals surface area contributed by atoms with Gasteiger partial charge in [0.15, 0.2) is 0 Å². The number of rotatable bonds is 6. The molecule has 2 aliphatic rings. The summed E-state index contributed by atoms with van der Waals surface area (Å²) >= 11 is 12.5. The summed E-state index contributed by atoms with van der Waals surface area (Å²) in [6, 6.07) is 14.6. The van der Waals surface area contributed by atoms with E-state index in [-0.39, 0.29) is 28.3 Å². The van der Waals surface area contributed by atoms with E-state index in [1.807, 2.05) is 20.8 Å². The van der Waals surface area contributed by atoms with E-state index in [9.17, 15) is 14.4 Å². The molecule has 41 heavy (non-hydrogen) atoms. The van der Waals surface area contributed by atoms with Crippen LogP contribution in [0.5, 0.6) is 0 Å². The van der Waals surface area contributed by atoms with Gasteiger partial charge in [-0.3, -0.25) is 14.4 Å². The van der Waals surface area contributed by atoms with Crippen molar-refractivity contribution in [2.45, 2.75) is 57.0 Å². The van der Waals surface area contributed by atoms with Gasteiger partial charge in [0.05, 0.1) is 17.5 Å². The zero-order valence-corrected chi connectivity index (χ0v) is 24.2. The van der Waals surface area contributed by atoms with E-state index < -0.39 is 41.1 Å². The second-order valence-corrected chi connectivity index (χ2v) is 12.7. The molecule has 10 heteroatoms. The monoisotopic (exact) mass is 597 g/mol. The number of amides is 2. The second-order valence-electron chi connectivity index (χ2n) is 11.9. The van der Waals surface area contributed by atoms with Crippen LogP contribution in [-0.4, -0.2) is 35.0 Å². The molecule has 2 aliphatic heterocycles. The highest BCUT2D eigenvalue weighted by Gasteiger charge is 2.66. The van der Waals surface area contributed by atoms with Crippen LogP contribution in [0.3, 0.4) is 0 Å². The average molecular weight is 599 g/mol. The number of hydrogen-bond acceptors (Lipinski definition) is 4. The van der Waals surface area contributed by atoms with Gasteiger partial charge < -0.3 is 21.1 Å². The molecule has 3 aromatic rings. The van der Waals surface area contributed by atoms with Crippen molar-refractivity contribution >= 4 is 52.4 Å². The molecule has 0 aliphatic carbocycles. The number of nitrogens with one attached hydrogen (secondary N) is 3. The molecule has 4 N–H and O–H groups in total. The molecule has 0 radical (unpaired) electrons. The van der Waals surface area contributed by atoms with Crippen LogP contribution < -0.4 is 16.0 Å². The van der Waals surface area contributed by atoms with E-state index in [1.54, 1.807) is 54.6 Å². The molecule has 0 unspecified atom stereocenters. The normalized spacial score (nSPS) is 23.4. The quantitative estimate of drug-likeness (QED) is 0.273. The smallest absolute Gasteiger partial charge is 0.307 e. The predicted octanol–water partition coefficient (Wildman–Crippen LogP) is 6.15. The van der Waals surface area contributed by atoms with Gasteiger partial charge in [-0.1, -0.05) is 74.3 Å². The second kappa shape index (κ2) is 10.7. The Hall–Kier alpha value is -3.46. The van der Waals surface area contributed by atoms with Gasteiger partial charge >= 0.3 is 5.97 Å². The summed E-state index contributed by atoms with van der Waals surface area (Å²) in [5.74, 6) is -3.44. The van der Waals surface area contributed by atoms with Crippen molar-refractivity contribution in [3.05, 3.63) is 93.2 Å². The highest BCUT2D eigenvalue weighted by molar-refractivity contribution is 6.31. The summed E-state index contributed by atoms with van der Waals surface area (Å²) in [6.45, 7) is 6.12. The molecule has 1 fully saturated rings. The number of carbonyl (C=O) groups excluding carboxylic acids is 2. The van der Waals surface area contributed by atoms with Crippen LogP contribution in [0.15, 0.2) is 60.7 Å². The van der Waals surface area contributed by atoms with E-state index in [2.05, 4.69) is 16.0 Å². The van der Waals surface area contributed by atoms with Gasteiger partial charge in [0.25, 0.3) is 0 Å². The minimum Gasteiger partial charge on any atom is -0.481 e. The summed E-state index contributed by atoms with van der Waals surface area (Å²) in [6.07, 6.45) is 0.346. The summed E-state index contributed by atoms with van der Waals surface area (Å²) in [5.41, 5.74) is 0.700. The first-order chi connectivity index (χ1) is 19.3. The van der Waals surface area contributed by atoms with Gasteiger partial charge in [-0.25, -0.2) is 4.39 Å². The van der Waals surface area contributed by atoms with Gasteiger partial charge in [-0.05, 0) is 58.9 Å². The van der Waals surface area contributed by atoms with E-state index >= 15 is 4.39 Å². The fraction of sp³-hybridized carbons (Fsp3) is 0.323. The van der Waals surface area contributed by atoms with Crippen LogP contribution in [-0.2, 0) is 26.2 Å². The Bertz CT molecular complexity index is 1540. The molecule has 5 rings (SSSR count). The topological polar surface area (TPSA) is 108 Å². The van der Waals surface area contributed by atoms with Gasteiger partial charge in [0, 0.05) is 28.4 Å². The minimum absolute atomic E-state index is 0.111. The maximum atomic E-state index is 15.8. The van der Waals surface area contributed by atoms with Crippen molar-refractivity contribution in [3.63, 3.8) is 0 Å². The van der Waals surface area contributed by atoms with Crippen molar-refractivity contribution in [1.29, 1.82) is 0 Å². The van der Waals surface area contributed by atoms with Crippen molar-refractivity contribution in [3.8, 4) is 0 Å². The van der Waals surface area contributed by atoms with E-state index in [0.29, 0.717) is 33.9 Å². The number of halogens is 3. The maximum absolute atomic E-state index is 15.8. The molecule has 2 amide bonds. The molecule has 1 saturated heterocycles. The highest BCUT2D eigenvalue weighted by Crippen LogP contribution is 2.57. The maximum Gasteiger partial charge on any atom is 0.307 e. The molecule has 3 aromatic carbocycles. The zero-order valence-electron chi connectivity index (χ0n) is 22.7. The first-order valence-corrected chi connectivity index (χ1v) is 14.0. The number of hydrogen-bond donors (Lipinski definition) is 4. The van der Waals surface area contributed by atoms with Crippen LogP contribution in [0.25, 0.3) is 0 Å². The first kappa shape index (κ1) is 29.0. The van der Waals surface area contributed by atoms with Crippen molar-refractivity contribution in [2.75, 3.05) is 10.6 Å². The Morgan fingerprint density at radius 2 is 1.78 bits per heavy atom. The summed E-state index contributed by atoms with van der Waals surface area (Å²) in [5, 5.41) is 18.6. The molecule has 2 heterocycles. The molecular weight excluding hydrogens is 568 g/mol. The SMILES string of the molecule is CC(C)(C)C[C@@H]1N[C@@H](C(=O)Nc2ccc(CC(=O)O)cc2)[C@H](c2cccc(Cl)c2F)[C@]12C(=O)Nc1cc(Cl)ccc12. The van der Waals surface area contributed by atoms with Crippen LogP contribution in [0.1, 0.15) is 49.8 Å². The van der Waals surface area contributed by atoms with Crippen LogP contribution in [0, 0.1) is 11.2 Å². The standard InChI is InChI=1S/C31H30Cl2FN3O4/c1-30(2,3)15-23-31(20-12-9-17(32)14-22(20)36-29(31)41)25(19-5-4-6-21(33)26(19)34)27(37-23)28(40)35-18-10-7-16(8-11-18)13-24(38)39/h4-12,14,23,25,27,37H,13,15H2,1-3H3,(H,35,40)(H,36,41)(H,38,39)/t23-,25-,27+,31+/m0/s1. The lowest BCUT2D eigenvalue weighted by molar-refractivity contribution is -0.136. The molecule has 0 saturated carbocycles. The predicted molar refractivity (Wildman–Crippen MR) is 157 cm³/mol. The van der Waals surface area contributed by atoms with Crippen LogP contribution >= 0.6 is 23.2 Å². The molecule has 0 aromatic heterocycles. The average Bonchev–Trinajstić information content (AvgIpc) is 3.35. The number of anilines is 2. The number of aliphatic carboxylic acids is 1. The molecule has 0 bridgehead atoms. The molecule has 7 nitrogen and oxygen atoms in total. The Morgan fingerprint density at radius 3 is 2.44 bits per heavy atom. The fourth-order valence-corrected chi connectivity index (χ4v) is 6.61. The summed E-state index contributed by atoms with van der Waals surface area (Å²) in [7, 11) is 0. The van der Waals surface area contributed by atoms with E-state index in [0.717, 1.165) is 0 Å². The Labute approximate surface area is 247 Å².